The summed E-state index contributed by atoms with van der Waals surface area (Å²) in [4.78, 5) is 0. The van der Waals surface area contributed by atoms with E-state index < -0.39 is 0 Å². The van der Waals surface area contributed by atoms with Crippen molar-refractivity contribution in [1.82, 2.24) is 0 Å². The summed E-state index contributed by atoms with van der Waals surface area (Å²) in [6.45, 7) is 1.93. The van der Waals surface area contributed by atoms with Crippen molar-refractivity contribution in [2.24, 2.45) is 0 Å². The molecule has 3 aromatic rings. The van der Waals surface area contributed by atoms with Crippen LogP contribution in [0.5, 0.6) is 28.7 Å². The van der Waals surface area contributed by atoms with Gasteiger partial charge in [0.1, 0.15) is 19.7 Å². The highest BCUT2D eigenvalue weighted by molar-refractivity contribution is 6.30. The second-order valence-electron chi connectivity index (χ2n) is 7.35. The molecule has 32 heavy (non-hydrogen) atoms. The van der Waals surface area contributed by atoms with Crippen LogP contribution in [0.3, 0.4) is 0 Å². The van der Waals surface area contributed by atoms with Crippen LogP contribution in [0.1, 0.15) is 11.7 Å². The molecule has 0 radical (unpaired) electrons. The molecule has 0 aliphatic carbocycles. The highest BCUT2D eigenvalue weighted by Gasteiger charge is 2.34. The molecule has 1 aliphatic rings. The number of para-hydroxylation sites is 3. The quantitative estimate of drug-likeness (QED) is 0.495. The van der Waals surface area contributed by atoms with Crippen LogP contribution in [0.25, 0.3) is 0 Å². The van der Waals surface area contributed by atoms with Gasteiger partial charge in [0.05, 0.1) is 14.2 Å². The van der Waals surface area contributed by atoms with Gasteiger partial charge in [0.2, 0.25) is 5.75 Å². The second kappa shape index (κ2) is 10.5. The zero-order chi connectivity index (χ0) is 22.3. The maximum absolute atomic E-state index is 6.30. The fraction of sp³-hybridized carbons (Fsp3) is 0.280. The molecule has 6 nitrogen and oxygen atoms in total. The molecule has 0 saturated carbocycles. The molecule has 0 spiro atoms. The van der Waals surface area contributed by atoms with Crippen molar-refractivity contribution in [2.45, 2.75) is 12.2 Å². The van der Waals surface area contributed by atoms with Gasteiger partial charge in [-0.05, 0) is 42.0 Å². The third-order valence-electron chi connectivity index (χ3n) is 5.27. The monoisotopic (exact) mass is 456 g/mol. The minimum absolute atomic E-state index is 0.160. The van der Waals surface area contributed by atoms with Gasteiger partial charge in [-0.25, -0.2) is 0 Å². The van der Waals surface area contributed by atoms with Crippen molar-refractivity contribution in [3.63, 3.8) is 0 Å². The number of quaternary nitrogens is 1. The number of halogens is 1. The van der Waals surface area contributed by atoms with Gasteiger partial charge >= 0.3 is 0 Å². The Labute approximate surface area is 193 Å². The second-order valence-corrected chi connectivity index (χ2v) is 7.78. The molecule has 7 heteroatoms. The van der Waals surface area contributed by atoms with Crippen LogP contribution >= 0.6 is 11.6 Å². The molecule has 0 fully saturated rings. The van der Waals surface area contributed by atoms with Crippen molar-refractivity contribution >= 4 is 11.6 Å². The van der Waals surface area contributed by atoms with Gasteiger partial charge < -0.3 is 29.0 Å². The lowest BCUT2D eigenvalue weighted by molar-refractivity contribution is -0.662. The van der Waals surface area contributed by atoms with Crippen molar-refractivity contribution in [2.75, 3.05) is 33.9 Å². The first kappa shape index (κ1) is 22.1. The first-order chi connectivity index (χ1) is 15.7. The molecule has 0 bridgehead atoms. The molecular formula is C25H27ClNO5+. The van der Waals surface area contributed by atoms with Crippen molar-refractivity contribution in [3.05, 3.63) is 77.3 Å². The molecule has 1 aliphatic heterocycles. The maximum atomic E-state index is 6.30. The molecule has 0 saturated heterocycles. The number of fused-ring (bicyclic) bond motifs is 1. The van der Waals surface area contributed by atoms with E-state index in [9.17, 15) is 0 Å². The first-order valence-corrected chi connectivity index (χ1v) is 10.9. The van der Waals surface area contributed by atoms with Crippen LogP contribution in [-0.4, -0.2) is 40.0 Å². The highest BCUT2D eigenvalue weighted by atomic mass is 35.5. The Hall–Kier alpha value is -3.09. The summed E-state index contributed by atoms with van der Waals surface area (Å²) < 4.78 is 29.3. The van der Waals surface area contributed by atoms with Gasteiger partial charge in [-0.3, -0.25) is 0 Å². The van der Waals surface area contributed by atoms with E-state index in [0.29, 0.717) is 35.4 Å². The average Bonchev–Trinajstić information content (AvgIpc) is 2.83. The molecule has 0 unspecified atom stereocenters. The molecular weight excluding hydrogens is 430 g/mol. The number of methoxy groups -OCH3 is 2. The van der Waals surface area contributed by atoms with Gasteiger partial charge in [-0.1, -0.05) is 41.9 Å². The van der Waals surface area contributed by atoms with Crippen LogP contribution < -0.4 is 29.0 Å². The van der Waals surface area contributed by atoms with Gasteiger partial charge in [0, 0.05) is 5.02 Å². The number of hydrogen-bond acceptors (Lipinski definition) is 5. The SMILES string of the molecule is COc1cccc(OC)c1OCC[NH2+]C[C@H]1Oc2ccccc2O[C@@H]1c1ccc(Cl)cc1. The largest absolute Gasteiger partial charge is 0.493 e. The normalized spacial score (nSPS) is 17.0. The maximum Gasteiger partial charge on any atom is 0.203 e. The third kappa shape index (κ3) is 5.03. The van der Waals surface area contributed by atoms with E-state index in [-0.39, 0.29) is 12.2 Å². The molecule has 4 rings (SSSR count). The number of benzene rings is 3. The summed E-state index contributed by atoms with van der Waals surface area (Å²) in [7, 11) is 3.23. The number of nitrogens with two attached hydrogens (primary N) is 1. The Morgan fingerprint density at radius 3 is 2.16 bits per heavy atom. The van der Waals surface area contributed by atoms with Crippen LogP contribution in [0.2, 0.25) is 5.02 Å². The van der Waals surface area contributed by atoms with Gasteiger partial charge in [-0.15, -0.1) is 0 Å². The Morgan fingerprint density at radius 1 is 0.844 bits per heavy atom. The van der Waals surface area contributed by atoms with Crippen molar-refractivity contribution < 1.29 is 29.0 Å². The Morgan fingerprint density at radius 2 is 1.50 bits per heavy atom. The summed E-state index contributed by atoms with van der Waals surface area (Å²) in [5.74, 6) is 3.40. The van der Waals surface area contributed by atoms with E-state index in [0.717, 1.165) is 23.6 Å². The predicted octanol–water partition coefficient (Wildman–Crippen LogP) is 3.88. The Bertz CT molecular complexity index is 1000. The van der Waals surface area contributed by atoms with Gasteiger partial charge in [0.15, 0.2) is 35.2 Å². The molecule has 0 aromatic heterocycles. The smallest absolute Gasteiger partial charge is 0.203 e. The van der Waals surface area contributed by atoms with E-state index in [1.807, 2.05) is 66.7 Å². The fourth-order valence-electron chi connectivity index (χ4n) is 3.68. The van der Waals surface area contributed by atoms with Crippen LogP contribution in [-0.2, 0) is 0 Å². The highest BCUT2D eigenvalue weighted by Crippen LogP contribution is 2.39. The average molecular weight is 457 g/mol. The number of rotatable bonds is 9. The van der Waals surface area contributed by atoms with E-state index in [1.165, 1.54) is 0 Å². The van der Waals surface area contributed by atoms with E-state index in [2.05, 4.69) is 5.32 Å². The van der Waals surface area contributed by atoms with Crippen LogP contribution in [0, 0.1) is 0 Å². The third-order valence-corrected chi connectivity index (χ3v) is 5.52. The molecule has 2 N–H and O–H groups in total. The van der Waals surface area contributed by atoms with Crippen LogP contribution in [0.15, 0.2) is 66.7 Å². The minimum atomic E-state index is -0.228. The molecule has 3 aromatic carbocycles. The van der Waals surface area contributed by atoms with E-state index in [1.54, 1.807) is 14.2 Å². The standard InChI is InChI=1S/C25H26ClNO5/c1-28-21-8-5-9-22(29-2)25(21)30-15-14-27-16-23-24(17-10-12-18(26)13-11-17)32-20-7-4-3-6-19(20)31-23/h3-13,23-24,27H,14-16H2,1-2H3/p+1/t23-,24-/m1/s1. The molecule has 1 heterocycles. The predicted molar refractivity (Wildman–Crippen MR) is 122 cm³/mol. The van der Waals surface area contributed by atoms with Crippen molar-refractivity contribution in [1.29, 1.82) is 0 Å². The van der Waals surface area contributed by atoms with Crippen molar-refractivity contribution in [3.8, 4) is 28.7 Å². The van der Waals surface area contributed by atoms with E-state index in [4.69, 9.17) is 35.3 Å². The lowest BCUT2D eigenvalue weighted by Crippen LogP contribution is -2.88. The van der Waals surface area contributed by atoms with Gasteiger partial charge in [0.25, 0.3) is 0 Å². The fourth-order valence-corrected chi connectivity index (χ4v) is 3.80. The first-order valence-electron chi connectivity index (χ1n) is 10.5. The summed E-state index contributed by atoms with van der Waals surface area (Å²) in [5.41, 5.74) is 1.03. The molecule has 168 valence electrons. The summed E-state index contributed by atoms with van der Waals surface area (Å²) in [6, 6.07) is 21.0. The lowest BCUT2D eigenvalue weighted by atomic mass is 10.0. The Balaban J connectivity index is 1.38. The number of ether oxygens (including phenoxy) is 5. The van der Waals surface area contributed by atoms with E-state index >= 15 is 0 Å². The van der Waals surface area contributed by atoms with Gasteiger partial charge in [-0.2, -0.15) is 0 Å². The topological polar surface area (TPSA) is 62.8 Å². The lowest BCUT2D eigenvalue weighted by Gasteiger charge is -2.33. The zero-order valence-electron chi connectivity index (χ0n) is 18.1. The summed E-state index contributed by atoms with van der Waals surface area (Å²) in [5, 5.41) is 2.85. The summed E-state index contributed by atoms with van der Waals surface area (Å²) in [6.07, 6.45) is -0.388. The molecule has 0 amide bonds. The summed E-state index contributed by atoms with van der Waals surface area (Å²) >= 11 is 6.07. The zero-order valence-corrected chi connectivity index (χ0v) is 18.9. The number of hydrogen-bond donors (Lipinski definition) is 1. The molecule has 2 atom stereocenters. The van der Waals surface area contributed by atoms with Crippen LogP contribution in [0.4, 0.5) is 0 Å². The minimum Gasteiger partial charge on any atom is -0.493 e. The Kier molecular flexibility index (Phi) is 7.24.